The molecule has 0 spiro atoms. The minimum atomic E-state index is -4.16. The van der Waals surface area contributed by atoms with Crippen LogP contribution in [0.2, 0.25) is 0 Å². The second kappa shape index (κ2) is 5.49. The van der Waals surface area contributed by atoms with Crippen LogP contribution < -0.4 is 4.31 Å². The molecule has 0 aliphatic rings. The van der Waals surface area contributed by atoms with Crippen molar-refractivity contribution in [2.24, 2.45) is 0 Å². The summed E-state index contributed by atoms with van der Waals surface area (Å²) in [7, 11) is -2.88. The zero-order valence-corrected chi connectivity index (χ0v) is 11.7. The van der Waals surface area contributed by atoms with Gasteiger partial charge in [0.05, 0.1) is 16.7 Å². The van der Waals surface area contributed by atoms with E-state index in [1.807, 2.05) is 0 Å². The number of benzene rings is 2. The molecular weight excluding hydrogens is 299 g/mol. The number of para-hydroxylation sites is 1. The van der Waals surface area contributed by atoms with Crippen molar-refractivity contribution in [3.05, 3.63) is 64.5 Å². The minimum Gasteiger partial charge on any atom is -0.269 e. The number of anilines is 1. The van der Waals surface area contributed by atoms with Gasteiger partial charge < -0.3 is 0 Å². The maximum Gasteiger partial charge on any atom is 0.292 e. The van der Waals surface area contributed by atoms with Crippen molar-refractivity contribution in [1.29, 1.82) is 0 Å². The average Bonchev–Trinajstić information content (AvgIpc) is 2.47. The lowest BCUT2D eigenvalue weighted by atomic mass is 10.3. The van der Waals surface area contributed by atoms with E-state index >= 15 is 0 Å². The smallest absolute Gasteiger partial charge is 0.269 e. The van der Waals surface area contributed by atoms with Crippen LogP contribution in [0.1, 0.15) is 0 Å². The summed E-state index contributed by atoms with van der Waals surface area (Å²) in [5.74, 6) is -0.872. The Morgan fingerprint density at radius 3 is 2.33 bits per heavy atom. The Morgan fingerprint density at radius 1 is 1.14 bits per heavy atom. The molecule has 0 saturated heterocycles. The molecule has 2 rings (SSSR count). The predicted octanol–water partition coefficient (Wildman–Crippen LogP) is 2.56. The molecule has 110 valence electrons. The molecular formula is C13H11FN2O4S. The van der Waals surface area contributed by atoms with Crippen LogP contribution in [0.3, 0.4) is 0 Å². The van der Waals surface area contributed by atoms with Gasteiger partial charge in [0.1, 0.15) is 5.82 Å². The lowest BCUT2D eigenvalue weighted by molar-refractivity contribution is -0.388. The van der Waals surface area contributed by atoms with Gasteiger partial charge in [0.25, 0.3) is 15.7 Å². The first-order chi connectivity index (χ1) is 9.84. The molecule has 21 heavy (non-hydrogen) atoms. The van der Waals surface area contributed by atoms with E-state index in [-0.39, 0.29) is 0 Å². The van der Waals surface area contributed by atoms with Crippen LogP contribution in [0.4, 0.5) is 15.8 Å². The first-order valence-electron chi connectivity index (χ1n) is 5.82. The molecule has 0 heterocycles. The number of hydrogen-bond donors (Lipinski definition) is 0. The zero-order chi connectivity index (χ0) is 15.6. The number of sulfonamides is 1. The van der Waals surface area contributed by atoms with Crippen LogP contribution in [0.25, 0.3) is 0 Å². The van der Waals surface area contributed by atoms with Gasteiger partial charge in [-0.15, -0.1) is 0 Å². The highest BCUT2D eigenvalue weighted by molar-refractivity contribution is 7.93. The Balaban J connectivity index is 2.57. The molecule has 0 N–H and O–H groups in total. The summed E-state index contributed by atoms with van der Waals surface area (Å²) < 4.78 is 39.0. The number of halogens is 1. The molecule has 0 saturated carbocycles. The first kappa shape index (κ1) is 14.9. The van der Waals surface area contributed by atoms with Crippen LogP contribution in [0.5, 0.6) is 0 Å². The van der Waals surface area contributed by atoms with Gasteiger partial charge in [0.15, 0.2) is 4.90 Å². The molecule has 0 fully saturated rings. The van der Waals surface area contributed by atoms with E-state index in [4.69, 9.17) is 0 Å². The fourth-order valence-corrected chi connectivity index (χ4v) is 3.11. The molecule has 0 unspecified atom stereocenters. The van der Waals surface area contributed by atoms with E-state index in [9.17, 15) is 22.9 Å². The second-order valence-electron chi connectivity index (χ2n) is 4.18. The van der Waals surface area contributed by atoms with Gasteiger partial charge in [0, 0.05) is 7.05 Å². The molecule has 2 aromatic carbocycles. The maximum absolute atomic E-state index is 13.1. The zero-order valence-electron chi connectivity index (χ0n) is 10.9. The van der Waals surface area contributed by atoms with Crippen LogP contribution >= 0.6 is 0 Å². The van der Waals surface area contributed by atoms with Gasteiger partial charge in [-0.25, -0.2) is 12.8 Å². The number of rotatable bonds is 4. The molecule has 6 nitrogen and oxygen atoms in total. The number of nitro groups is 1. The summed E-state index contributed by atoms with van der Waals surface area (Å²) in [6.45, 7) is 0. The van der Waals surface area contributed by atoms with E-state index in [1.54, 1.807) is 30.3 Å². The monoisotopic (exact) mass is 310 g/mol. The number of nitrogens with zero attached hydrogens (tertiary/aromatic N) is 2. The van der Waals surface area contributed by atoms with E-state index < -0.39 is 31.3 Å². The van der Waals surface area contributed by atoms with Gasteiger partial charge >= 0.3 is 0 Å². The summed E-state index contributed by atoms with van der Waals surface area (Å²) in [6, 6.07) is 10.4. The number of hydrogen-bond acceptors (Lipinski definition) is 4. The summed E-state index contributed by atoms with van der Waals surface area (Å²) >= 11 is 0. The third-order valence-corrected chi connectivity index (χ3v) is 4.71. The SMILES string of the molecule is CN(c1ccccc1)S(=O)(=O)c1ccc(F)cc1[N+](=O)[O-]. The van der Waals surface area contributed by atoms with Crippen molar-refractivity contribution in [2.45, 2.75) is 4.90 Å². The summed E-state index contributed by atoms with van der Waals surface area (Å²) in [5.41, 5.74) is -0.450. The molecule has 0 amide bonds. The van der Waals surface area contributed by atoms with Crippen molar-refractivity contribution >= 4 is 21.4 Å². The summed E-state index contributed by atoms with van der Waals surface area (Å²) in [6.07, 6.45) is 0. The molecule has 0 atom stereocenters. The maximum atomic E-state index is 13.1. The van der Waals surface area contributed by atoms with E-state index in [0.717, 1.165) is 16.4 Å². The van der Waals surface area contributed by atoms with Crippen molar-refractivity contribution in [3.63, 3.8) is 0 Å². The Morgan fingerprint density at radius 2 is 1.76 bits per heavy atom. The van der Waals surface area contributed by atoms with Crippen molar-refractivity contribution in [2.75, 3.05) is 11.4 Å². The molecule has 2 aromatic rings. The fraction of sp³-hybridized carbons (Fsp3) is 0.0769. The lowest BCUT2D eigenvalue weighted by Gasteiger charge is -2.19. The Kier molecular flexibility index (Phi) is 3.90. The largest absolute Gasteiger partial charge is 0.292 e. The normalized spacial score (nSPS) is 11.1. The highest BCUT2D eigenvalue weighted by Gasteiger charge is 2.30. The summed E-state index contributed by atoms with van der Waals surface area (Å²) in [5, 5.41) is 10.9. The summed E-state index contributed by atoms with van der Waals surface area (Å²) in [4.78, 5) is 9.46. The van der Waals surface area contributed by atoms with Gasteiger partial charge in [0.2, 0.25) is 0 Å². The molecule has 0 aliphatic heterocycles. The molecule has 8 heteroatoms. The Labute approximate surface area is 120 Å². The van der Waals surface area contributed by atoms with Gasteiger partial charge in [-0.1, -0.05) is 18.2 Å². The lowest BCUT2D eigenvalue weighted by Crippen LogP contribution is -2.27. The first-order valence-corrected chi connectivity index (χ1v) is 7.26. The third-order valence-electron chi connectivity index (χ3n) is 2.88. The highest BCUT2D eigenvalue weighted by atomic mass is 32.2. The molecule has 0 bridgehead atoms. The van der Waals surface area contributed by atoms with E-state index in [0.29, 0.717) is 11.8 Å². The van der Waals surface area contributed by atoms with Crippen molar-refractivity contribution in [1.82, 2.24) is 0 Å². The molecule has 0 aromatic heterocycles. The van der Waals surface area contributed by atoms with Crippen molar-refractivity contribution in [3.8, 4) is 0 Å². The standard InChI is InChI=1S/C13H11FN2O4S/c1-15(11-5-3-2-4-6-11)21(19,20)13-8-7-10(14)9-12(13)16(17)18/h2-9H,1H3. The fourth-order valence-electron chi connectivity index (χ4n) is 1.78. The van der Waals surface area contributed by atoms with E-state index in [2.05, 4.69) is 0 Å². The van der Waals surface area contributed by atoms with Crippen LogP contribution in [0, 0.1) is 15.9 Å². The van der Waals surface area contributed by atoms with Gasteiger partial charge in [-0.05, 0) is 24.3 Å². The van der Waals surface area contributed by atoms with E-state index in [1.165, 1.54) is 7.05 Å². The minimum absolute atomic E-state index is 0.344. The Hall–Kier alpha value is -2.48. The van der Waals surface area contributed by atoms with Gasteiger partial charge in [-0.2, -0.15) is 0 Å². The third kappa shape index (κ3) is 2.84. The highest BCUT2D eigenvalue weighted by Crippen LogP contribution is 2.29. The van der Waals surface area contributed by atoms with Crippen LogP contribution in [-0.2, 0) is 10.0 Å². The second-order valence-corrected chi connectivity index (χ2v) is 6.11. The van der Waals surface area contributed by atoms with Crippen LogP contribution in [-0.4, -0.2) is 20.4 Å². The average molecular weight is 310 g/mol. The molecule has 0 radical (unpaired) electrons. The Bertz CT molecular complexity index is 778. The van der Waals surface area contributed by atoms with Crippen molar-refractivity contribution < 1.29 is 17.7 Å². The molecule has 0 aliphatic carbocycles. The number of nitro benzene ring substituents is 1. The van der Waals surface area contributed by atoms with Crippen LogP contribution in [0.15, 0.2) is 53.4 Å². The van der Waals surface area contributed by atoms with Gasteiger partial charge in [-0.3, -0.25) is 14.4 Å². The predicted molar refractivity (Wildman–Crippen MR) is 75.1 cm³/mol. The quantitative estimate of drug-likeness (QED) is 0.642. The topological polar surface area (TPSA) is 80.5 Å².